The van der Waals surface area contributed by atoms with E-state index in [1.807, 2.05) is 0 Å². The molecule has 13 nitrogen and oxygen atoms in total. The monoisotopic (exact) mass is 433 g/mol. The maximum absolute atomic E-state index is 12.6. The third-order valence-corrected chi connectivity index (χ3v) is 4.06. The van der Waals surface area contributed by atoms with Gasteiger partial charge in [-0.1, -0.05) is 0 Å². The van der Waals surface area contributed by atoms with Crippen LogP contribution in [0.2, 0.25) is 0 Å². The van der Waals surface area contributed by atoms with Crippen LogP contribution in [0, 0.1) is 0 Å². The number of hydrogen-bond acceptors (Lipinski definition) is 8. The molecule has 0 heterocycles. The lowest BCUT2D eigenvalue weighted by Gasteiger charge is -2.25. The lowest BCUT2D eigenvalue weighted by molar-refractivity contribution is -0.139. The molecule has 0 aromatic carbocycles. The average Bonchev–Trinajstić information content (AvgIpc) is 2.66. The molecule has 0 spiro atoms. The van der Waals surface area contributed by atoms with Crippen LogP contribution in [0.5, 0.6) is 0 Å². The molecule has 0 saturated carbocycles. The number of rotatable bonds is 15. The van der Waals surface area contributed by atoms with Crippen molar-refractivity contribution in [2.75, 3.05) is 13.1 Å². The Bertz CT molecular complexity index is 613. The number of carboxylic acid groups (broad SMARTS) is 2. The summed E-state index contributed by atoms with van der Waals surface area (Å²) in [5.74, 6) is -4.87. The van der Waals surface area contributed by atoms with Gasteiger partial charge in [-0.05, 0) is 39.2 Å². The van der Waals surface area contributed by atoms with Gasteiger partial charge >= 0.3 is 11.9 Å². The number of aliphatic hydroxyl groups is 1. The van der Waals surface area contributed by atoms with E-state index >= 15 is 0 Å². The second-order valence-electron chi connectivity index (χ2n) is 6.72. The average molecular weight is 433 g/mol. The highest BCUT2D eigenvalue weighted by Gasteiger charge is 2.30. The number of carbonyl (C=O) groups is 5. The summed E-state index contributed by atoms with van der Waals surface area (Å²) in [6.07, 6.45) is -0.628. The minimum absolute atomic E-state index is 0.133. The molecule has 10 N–H and O–H groups in total. The Morgan fingerprint density at radius 3 is 2.03 bits per heavy atom. The summed E-state index contributed by atoms with van der Waals surface area (Å²) >= 11 is 0. The van der Waals surface area contributed by atoms with E-state index in [9.17, 15) is 29.1 Å². The molecule has 0 aromatic rings. The Labute approximate surface area is 173 Å². The van der Waals surface area contributed by atoms with Crippen LogP contribution in [0.1, 0.15) is 39.0 Å². The molecule has 30 heavy (non-hydrogen) atoms. The van der Waals surface area contributed by atoms with E-state index in [0.717, 1.165) is 0 Å². The third kappa shape index (κ3) is 11.3. The Hall–Kier alpha value is -2.77. The number of carboxylic acids is 2. The molecule has 0 aliphatic carbocycles. The van der Waals surface area contributed by atoms with Gasteiger partial charge < -0.3 is 42.7 Å². The number of nitrogens with two attached hydrogens (primary N) is 2. The molecule has 3 amide bonds. The van der Waals surface area contributed by atoms with Crippen LogP contribution in [0.3, 0.4) is 0 Å². The second kappa shape index (κ2) is 14.3. The molecule has 0 aliphatic heterocycles. The summed E-state index contributed by atoms with van der Waals surface area (Å²) in [6, 6.07) is -3.72. The summed E-state index contributed by atoms with van der Waals surface area (Å²) < 4.78 is 0. The molecule has 13 heteroatoms. The SMILES string of the molecule is CC(O)C(NC(=O)C(CCCCN)NC(=O)C(N)CCC(=O)O)C(=O)NCC(=O)O. The largest absolute Gasteiger partial charge is 0.481 e. The van der Waals surface area contributed by atoms with Crippen molar-refractivity contribution in [1.29, 1.82) is 0 Å². The zero-order valence-electron chi connectivity index (χ0n) is 16.8. The zero-order valence-corrected chi connectivity index (χ0v) is 16.8. The normalized spacial score (nSPS) is 14.7. The van der Waals surface area contributed by atoms with Gasteiger partial charge in [0.05, 0.1) is 12.1 Å². The predicted octanol–water partition coefficient (Wildman–Crippen LogP) is -3.14. The van der Waals surface area contributed by atoms with Gasteiger partial charge in [-0.15, -0.1) is 0 Å². The highest BCUT2D eigenvalue weighted by molar-refractivity contribution is 5.94. The van der Waals surface area contributed by atoms with E-state index in [2.05, 4.69) is 16.0 Å². The molecular weight excluding hydrogens is 402 g/mol. The van der Waals surface area contributed by atoms with Gasteiger partial charge in [0.1, 0.15) is 18.6 Å². The molecule has 0 fully saturated rings. The quantitative estimate of drug-likeness (QED) is 0.121. The van der Waals surface area contributed by atoms with Gasteiger partial charge in [0.15, 0.2) is 0 Å². The van der Waals surface area contributed by atoms with E-state index < -0.39 is 60.4 Å². The lowest BCUT2D eigenvalue weighted by atomic mass is 10.1. The summed E-state index contributed by atoms with van der Waals surface area (Å²) in [6.45, 7) is 0.885. The summed E-state index contributed by atoms with van der Waals surface area (Å²) in [5.41, 5.74) is 11.1. The highest BCUT2D eigenvalue weighted by Crippen LogP contribution is 2.05. The molecule has 0 aliphatic rings. The molecule has 4 atom stereocenters. The molecule has 0 bridgehead atoms. The minimum Gasteiger partial charge on any atom is -0.481 e. The van der Waals surface area contributed by atoms with Crippen molar-refractivity contribution >= 4 is 29.7 Å². The number of amides is 3. The van der Waals surface area contributed by atoms with Crippen LogP contribution in [0.25, 0.3) is 0 Å². The highest BCUT2D eigenvalue weighted by atomic mass is 16.4. The van der Waals surface area contributed by atoms with Crippen molar-refractivity contribution in [2.24, 2.45) is 11.5 Å². The molecule has 4 unspecified atom stereocenters. The van der Waals surface area contributed by atoms with Gasteiger partial charge in [0, 0.05) is 6.42 Å². The molecular formula is C17H31N5O8. The third-order valence-electron chi connectivity index (χ3n) is 4.06. The molecule has 172 valence electrons. The van der Waals surface area contributed by atoms with Crippen LogP contribution in [0.4, 0.5) is 0 Å². The first-order valence-corrected chi connectivity index (χ1v) is 9.45. The number of aliphatic carboxylic acids is 2. The molecule has 0 rings (SSSR count). The van der Waals surface area contributed by atoms with Crippen molar-refractivity contribution < 1.29 is 39.3 Å². The van der Waals surface area contributed by atoms with Gasteiger partial charge in [-0.2, -0.15) is 0 Å². The number of nitrogens with one attached hydrogen (secondary N) is 3. The predicted molar refractivity (Wildman–Crippen MR) is 104 cm³/mol. The minimum atomic E-state index is -1.45. The van der Waals surface area contributed by atoms with E-state index in [-0.39, 0.29) is 19.3 Å². The fourth-order valence-electron chi connectivity index (χ4n) is 2.38. The van der Waals surface area contributed by atoms with Crippen molar-refractivity contribution in [1.82, 2.24) is 16.0 Å². The van der Waals surface area contributed by atoms with E-state index in [0.29, 0.717) is 19.4 Å². The lowest BCUT2D eigenvalue weighted by Crippen LogP contribution is -2.58. The van der Waals surface area contributed by atoms with Gasteiger partial charge in [0.2, 0.25) is 17.7 Å². The first kappa shape index (κ1) is 27.2. The van der Waals surface area contributed by atoms with Gasteiger partial charge in [-0.3, -0.25) is 24.0 Å². The first-order chi connectivity index (χ1) is 14.0. The van der Waals surface area contributed by atoms with Crippen LogP contribution >= 0.6 is 0 Å². The maximum Gasteiger partial charge on any atom is 0.322 e. The van der Waals surface area contributed by atoms with Crippen LogP contribution < -0.4 is 27.4 Å². The second-order valence-corrected chi connectivity index (χ2v) is 6.72. The van der Waals surface area contributed by atoms with Gasteiger partial charge in [-0.25, -0.2) is 0 Å². The maximum atomic E-state index is 12.6. The van der Waals surface area contributed by atoms with Crippen molar-refractivity contribution in [3.8, 4) is 0 Å². The Balaban J connectivity index is 5.15. The summed E-state index contributed by atoms with van der Waals surface area (Å²) in [7, 11) is 0. The van der Waals surface area contributed by atoms with E-state index in [1.165, 1.54) is 6.92 Å². The Morgan fingerprint density at radius 1 is 0.900 bits per heavy atom. The zero-order chi connectivity index (χ0) is 23.3. The van der Waals surface area contributed by atoms with Crippen LogP contribution in [-0.4, -0.2) is 82.3 Å². The van der Waals surface area contributed by atoms with Crippen molar-refractivity contribution in [2.45, 2.75) is 63.3 Å². The van der Waals surface area contributed by atoms with E-state index in [1.54, 1.807) is 0 Å². The van der Waals surface area contributed by atoms with Crippen LogP contribution in [-0.2, 0) is 24.0 Å². The van der Waals surface area contributed by atoms with Gasteiger partial charge in [0.25, 0.3) is 0 Å². The fourth-order valence-corrected chi connectivity index (χ4v) is 2.38. The van der Waals surface area contributed by atoms with Crippen molar-refractivity contribution in [3.63, 3.8) is 0 Å². The number of aliphatic hydroxyl groups excluding tert-OH is 1. The topological polar surface area (TPSA) is 234 Å². The summed E-state index contributed by atoms with van der Waals surface area (Å²) in [4.78, 5) is 58.1. The van der Waals surface area contributed by atoms with Crippen molar-refractivity contribution in [3.05, 3.63) is 0 Å². The standard InChI is InChI=1S/C17H31N5O8/c1-9(23)14(17(30)20-8-13(26)27)22-16(29)11(4-2-3-7-18)21-15(28)10(19)5-6-12(24)25/h9-11,14,23H,2-8,18-19H2,1H3,(H,20,30)(H,21,28)(H,22,29)(H,24,25)(H,26,27). The number of carbonyl (C=O) groups excluding carboxylic acids is 3. The van der Waals surface area contributed by atoms with E-state index in [4.69, 9.17) is 21.7 Å². The molecule has 0 radical (unpaired) electrons. The van der Waals surface area contributed by atoms with Crippen LogP contribution in [0.15, 0.2) is 0 Å². The Kier molecular flexibility index (Phi) is 12.9. The Morgan fingerprint density at radius 2 is 1.53 bits per heavy atom. The first-order valence-electron chi connectivity index (χ1n) is 9.45. The number of unbranched alkanes of at least 4 members (excludes halogenated alkanes) is 1. The molecule has 0 saturated heterocycles. The fraction of sp³-hybridized carbons (Fsp3) is 0.706. The summed E-state index contributed by atoms with van der Waals surface area (Å²) in [5, 5.41) is 33.8. The smallest absolute Gasteiger partial charge is 0.322 e. The molecule has 0 aromatic heterocycles. The number of hydrogen-bond donors (Lipinski definition) is 8.